The van der Waals surface area contributed by atoms with Gasteiger partial charge in [-0.15, -0.1) is 0 Å². The molecule has 0 atom stereocenters. The molecule has 0 saturated carbocycles. The summed E-state index contributed by atoms with van der Waals surface area (Å²) in [6.45, 7) is 7.04. The number of anilines is 1. The molecule has 1 saturated heterocycles. The lowest BCUT2D eigenvalue weighted by Gasteiger charge is -2.30. The van der Waals surface area contributed by atoms with E-state index >= 15 is 0 Å². The summed E-state index contributed by atoms with van der Waals surface area (Å²) in [7, 11) is 1.71. The Bertz CT molecular complexity index is 894. The van der Waals surface area contributed by atoms with E-state index in [1.54, 1.807) is 7.11 Å². The van der Waals surface area contributed by atoms with E-state index in [1.807, 2.05) is 30.7 Å². The highest BCUT2D eigenvalue weighted by atomic mass is 16.5. The average molecular weight is 356 g/mol. The van der Waals surface area contributed by atoms with Gasteiger partial charge in [-0.1, -0.05) is 0 Å². The lowest BCUT2D eigenvalue weighted by molar-refractivity contribution is 0.181. The predicted octanol–water partition coefficient (Wildman–Crippen LogP) is 2.46. The molecule has 0 amide bonds. The number of pyridine rings is 1. The van der Waals surface area contributed by atoms with Crippen molar-refractivity contribution >= 4 is 17.2 Å². The molecule has 8 nitrogen and oxygen atoms in total. The van der Waals surface area contributed by atoms with Crippen molar-refractivity contribution in [1.29, 1.82) is 0 Å². The zero-order valence-corrected chi connectivity index (χ0v) is 15.5. The Morgan fingerprint density at radius 1 is 1.15 bits per heavy atom. The number of aromatic nitrogens is 5. The fourth-order valence-corrected chi connectivity index (χ4v) is 3.48. The topological polar surface area (TPSA) is 82.1 Å². The smallest absolute Gasteiger partial charge is 0.299 e. The second-order valence-electron chi connectivity index (χ2n) is 6.77. The van der Waals surface area contributed by atoms with Crippen LogP contribution in [0.2, 0.25) is 0 Å². The van der Waals surface area contributed by atoms with E-state index < -0.39 is 0 Å². The molecule has 26 heavy (non-hydrogen) atoms. The summed E-state index contributed by atoms with van der Waals surface area (Å²) < 4.78 is 13.1. The van der Waals surface area contributed by atoms with Gasteiger partial charge in [0.2, 0.25) is 5.65 Å². The van der Waals surface area contributed by atoms with Crippen molar-refractivity contribution in [3.63, 3.8) is 0 Å². The quantitative estimate of drug-likeness (QED) is 0.694. The molecule has 4 heterocycles. The fourth-order valence-electron chi connectivity index (χ4n) is 3.48. The van der Waals surface area contributed by atoms with Crippen LogP contribution in [0.5, 0.6) is 0 Å². The van der Waals surface area contributed by atoms with E-state index in [2.05, 4.69) is 25.0 Å². The van der Waals surface area contributed by atoms with Crippen molar-refractivity contribution in [2.24, 2.45) is 0 Å². The van der Waals surface area contributed by atoms with Crippen LogP contribution in [0.3, 0.4) is 0 Å². The summed E-state index contributed by atoms with van der Waals surface area (Å²) in [4.78, 5) is 15.8. The van der Waals surface area contributed by atoms with Crippen LogP contribution in [0.1, 0.15) is 36.1 Å². The maximum Gasteiger partial charge on any atom is 0.299 e. The van der Waals surface area contributed by atoms with Crippen molar-refractivity contribution in [2.45, 2.75) is 39.2 Å². The number of piperidine rings is 1. The molecule has 4 rings (SSSR count). The lowest BCUT2D eigenvalue weighted by Crippen LogP contribution is -2.34. The summed E-state index contributed by atoms with van der Waals surface area (Å²) in [6.07, 6.45) is 1.99. The molecular weight excluding hydrogens is 332 g/mol. The average Bonchev–Trinajstić information content (AvgIpc) is 3.23. The summed E-state index contributed by atoms with van der Waals surface area (Å²) in [5.74, 6) is 2.28. The number of hydrogen-bond donors (Lipinski definition) is 0. The summed E-state index contributed by atoms with van der Waals surface area (Å²) in [5.41, 5.74) is 2.36. The molecule has 138 valence electrons. The molecule has 1 fully saturated rings. The predicted molar refractivity (Wildman–Crippen MR) is 97.4 cm³/mol. The van der Waals surface area contributed by atoms with Gasteiger partial charge in [-0.05, 0) is 38.8 Å². The molecule has 0 N–H and O–H groups in total. The monoisotopic (exact) mass is 356 g/mol. The molecule has 0 aromatic carbocycles. The van der Waals surface area contributed by atoms with Crippen molar-refractivity contribution in [2.75, 3.05) is 31.7 Å². The maximum atomic E-state index is 5.89. The number of nitrogens with zero attached hydrogens (tertiary/aromatic N) is 6. The van der Waals surface area contributed by atoms with E-state index in [4.69, 9.17) is 9.15 Å². The summed E-state index contributed by atoms with van der Waals surface area (Å²) in [6, 6.07) is 4.54. The van der Waals surface area contributed by atoms with E-state index in [-0.39, 0.29) is 0 Å². The molecule has 0 unspecified atom stereocenters. The molecule has 1 aliphatic heterocycles. The van der Waals surface area contributed by atoms with Crippen LogP contribution >= 0.6 is 0 Å². The van der Waals surface area contributed by atoms with Gasteiger partial charge >= 0.3 is 0 Å². The van der Waals surface area contributed by atoms with Gasteiger partial charge in [-0.2, -0.15) is 10.1 Å². The van der Waals surface area contributed by atoms with Crippen LogP contribution < -0.4 is 4.90 Å². The van der Waals surface area contributed by atoms with E-state index in [0.29, 0.717) is 24.2 Å². The molecule has 0 aliphatic carbocycles. The third kappa shape index (κ3) is 3.29. The molecule has 3 aromatic rings. The number of oxazole rings is 1. The van der Waals surface area contributed by atoms with Crippen LogP contribution in [0.25, 0.3) is 11.2 Å². The minimum absolute atomic E-state index is 0.397. The number of ether oxygens (including phenoxy) is 1. The number of aryl methyl sites for hydroxylation is 2. The van der Waals surface area contributed by atoms with Crippen LogP contribution in [-0.4, -0.2) is 51.5 Å². The zero-order valence-electron chi connectivity index (χ0n) is 15.5. The van der Waals surface area contributed by atoms with Crippen LogP contribution in [0, 0.1) is 13.8 Å². The summed E-state index contributed by atoms with van der Waals surface area (Å²) in [5, 5.41) is 4.51. The molecule has 8 heteroatoms. The highest BCUT2D eigenvalue weighted by molar-refractivity contribution is 5.70. The maximum absolute atomic E-state index is 5.89. The Balaban J connectivity index is 1.46. The van der Waals surface area contributed by atoms with Crippen LogP contribution in [-0.2, 0) is 11.3 Å². The van der Waals surface area contributed by atoms with Crippen molar-refractivity contribution in [3.8, 4) is 0 Å². The first kappa shape index (κ1) is 17.0. The van der Waals surface area contributed by atoms with Gasteiger partial charge in [0, 0.05) is 31.8 Å². The van der Waals surface area contributed by atoms with Gasteiger partial charge < -0.3 is 14.1 Å². The third-order valence-corrected chi connectivity index (χ3v) is 4.83. The van der Waals surface area contributed by atoms with Crippen molar-refractivity contribution in [1.82, 2.24) is 24.7 Å². The van der Waals surface area contributed by atoms with Crippen LogP contribution in [0.4, 0.5) is 6.01 Å². The van der Waals surface area contributed by atoms with Gasteiger partial charge in [0.05, 0.1) is 13.2 Å². The van der Waals surface area contributed by atoms with E-state index in [1.165, 1.54) is 0 Å². The second-order valence-corrected chi connectivity index (χ2v) is 6.77. The van der Waals surface area contributed by atoms with E-state index in [0.717, 1.165) is 55.4 Å². The Kier molecular flexibility index (Phi) is 4.58. The Morgan fingerprint density at radius 3 is 2.73 bits per heavy atom. The number of methoxy groups -OCH3 is 1. The highest BCUT2D eigenvalue weighted by Gasteiger charge is 2.27. The Morgan fingerprint density at radius 2 is 1.96 bits per heavy atom. The van der Waals surface area contributed by atoms with Gasteiger partial charge in [-0.3, -0.25) is 0 Å². The molecular formula is C18H24N6O2. The number of hydrogen-bond acceptors (Lipinski definition) is 7. The lowest BCUT2D eigenvalue weighted by atomic mass is 9.96. The first-order valence-corrected chi connectivity index (χ1v) is 9.03. The van der Waals surface area contributed by atoms with Crippen molar-refractivity contribution < 1.29 is 9.15 Å². The Hall–Kier alpha value is -2.48. The SMILES string of the molecule is COCCn1nc(C)nc1C1CCN(c2nc3nc(C)ccc3o2)CC1. The standard InChI is InChI=1S/C18H24N6O2/c1-12-4-5-15-16(19-12)21-18(26-15)23-8-6-14(7-9-23)17-20-13(2)22-24(17)10-11-25-3/h4-5,14H,6-11H2,1-3H3. The second kappa shape index (κ2) is 7.03. The highest BCUT2D eigenvalue weighted by Crippen LogP contribution is 2.30. The van der Waals surface area contributed by atoms with E-state index in [9.17, 15) is 0 Å². The van der Waals surface area contributed by atoms with Gasteiger partial charge in [0.25, 0.3) is 6.01 Å². The number of fused-ring (bicyclic) bond motifs is 1. The zero-order chi connectivity index (χ0) is 18.1. The fraction of sp³-hybridized carbons (Fsp3) is 0.556. The first-order chi connectivity index (χ1) is 12.6. The minimum Gasteiger partial charge on any atom is -0.422 e. The largest absolute Gasteiger partial charge is 0.422 e. The molecule has 0 spiro atoms. The van der Waals surface area contributed by atoms with Crippen molar-refractivity contribution in [3.05, 3.63) is 29.5 Å². The Labute approximate surface area is 152 Å². The minimum atomic E-state index is 0.397. The normalized spacial score (nSPS) is 15.9. The summed E-state index contributed by atoms with van der Waals surface area (Å²) >= 11 is 0. The molecule has 1 aliphatic rings. The van der Waals surface area contributed by atoms with Gasteiger partial charge in [0.15, 0.2) is 5.58 Å². The number of rotatable bonds is 5. The van der Waals surface area contributed by atoms with Gasteiger partial charge in [-0.25, -0.2) is 14.6 Å². The third-order valence-electron chi connectivity index (χ3n) is 4.83. The molecule has 0 bridgehead atoms. The molecule has 0 radical (unpaired) electrons. The van der Waals surface area contributed by atoms with Crippen LogP contribution in [0.15, 0.2) is 16.5 Å². The van der Waals surface area contributed by atoms with Gasteiger partial charge in [0.1, 0.15) is 11.6 Å². The molecule has 3 aromatic heterocycles. The first-order valence-electron chi connectivity index (χ1n) is 9.03.